The van der Waals surface area contributed by atoms with E-state index in [1.165, 1.54) is 12.8 Å². The van der Waals surface area contributed by atoms with E-state index < -0.39 is 0 Å². The van der Waals surface area contributed by atoms with Crippen LogP contribution < -0.4 is 4.90 Å². The van der Waals surface area contributed by atoms with E-state index in [9.17, 15) is 4.79 Å². The molecule has 22 heavy (non-hydrogen) atoms. The maximum absolute atomic E-state index is 11.9. The molecule has 0 bridgehead atoms. The first-order valence-electron chi connectivity index (χ1n) is 8.10. The first-order chi connectivity index (χ1) is 10.7. The van der Waals surface area contributed by atoms with Crippen LogP contribution in [0.3, 0.4) is 0 Å². The number of ether oxygens (including phenoxy) is 1. The van der Waals surface area contributed by atoms with E-state index in [4.69, 9.17) is 10.00 Å². The summed E-state index contributed by atoms with van der Waals surface area (Å²) in [5, 5.41) is 9.11. The summed E-state index contributed by atoms with van der Waals surface area (Å²) in [6, 6.07) is 7.52. The third kappa shape index (κ3) is 3.00. The normalized spacial score (nSPS) is 22.5. The second-order valence-corrected chi connectivity index (χ2v) is 6.28. The number of benzene rings is 1. The first kappa shape index (κ1) is 15.1. The van der Waals surface area contributed by atoms with Crippen LogP contribution >= 0.6 is 0 Å². The van der Waals surface area contributed by atoms with Crippen molar-refractivity contribution in [3.05, 3.63) is 29.3 Å². The van der Waals surface area contributed by atoms with E-state index in [0.717, 1.165) is 43.8 Å². The summed E-state index contributed by atoms with van der Waals surface area (Å²) < 4.78 is 5.82. The van der Waals surface area contributed by atoms with Gasteiger partial charge in [0.2, 0.25) is 0 Å². The van der Waals surface area contributed by atoms with E-state index >= 15 is 0 Å². The quantitative estimate of drug-likeness (QED) is 0.804. The van der Waals surface area contributed by atoms with Gasteiger partial charge in [-0.1, -0.05) is 0 Å². The van der Waals surface area contributed by atoms with Crippen molar-refractivity contribution in [1.29, 1.82) is 5.26 Å². The Morgan fingerprint density at radius 2 is 2.09 bits per heavy atom. The molecule has 4 nitrogen and oxygen atoms in total. The highest BCUT2D eigenvalue weighted by Gasteiger charge is 2.30. The van der Waals surface area contributed by atoms with Gasteiger partial charge in [-0.15, -0.1) is 0 Å². The monoisotopic (exact) mass is 298 g/mol. The Labute approximate surface area is 131 Å². The largest absolute Gasteiger partial charge is 0.378 e. The molecule has 2 heterocycles. The van der Waals surface area contributed by atoms with Crippen LogP contribution in [0.4, 0.5) is 5.69 Å². The van der Waals surface area contributed by atoms with Crippen LogP contribution in [-0.4, -0.2) is 31.6 Å². The van der Waals surface area contributed by atoms with Crippen LogP contribution in [0.25, 0.3) is 0 Å². The van der Waals surface area contributed by atoms with E-state index in [2.05, 4.69) is 11.0 Å². The van der Waals surface area contributed by atoms with Gasteiger partial charge in [0.05, 0.1) is 17.7 Å². The van der Waals surface area contributed by atoms with Gasteiger partial charge in [-0.25, -0.2) is 0 Å². The lowest BCUT2D eigenvalue weighted by atomic mass is 9.89. The molecule has 2 saturated heterocycles. The summed E-state index contributed by atoms with van der Waals surface area (Å²) >= 11 is 0. The van der Waals surface area contributed by atoms with Gasteiger partial charge in [0.1, 0.15) is 0 Å². The predicted molar refractivity (Wildman–Crippen MR) is 85.1 cm³/mol. The lowest BCUT2D eigenvalue weighted by Gasteiger charge is -2.36. The lowest BCUT2D eigenvalue weighted by Crippen LogP contribution is -2.38. The Morgan fingerprint density at radius 3 is 2.68 bits per heavy atom. The molecule has 2 aliphatic rings. The fourth-order valence-electron chi connectivity index (χ4n) is 3.65. The highest BCUT2D eigenvalue weighted by Crippen LogP contribution is 2.32. The second-order valence-electron chi connectivity index (χ2n) is 6.28. The summed E-state index contributed by atoms with van der Waals surface area (Å²) in [7, 11) is 0. The van der Waals surface area contributed by atoms with Gasteiger partial charge in [0.15, 0.2) is 5.78 Å². The van der Waals surface area contributed by atoms with Crippen LogP contribution in [0.5, 0.6) is 0 Å². The SMILES string of the molecule is CC(=O)c1ccc(C#N)cc1N1CCC(C2CCCO2)CC1. The number of carbonyl (C=O) groups excluding carboxylic acids is 1. The first-order valence-corrected chi connectivity index (χ1v) is 8.10. The fraction of sp³-hybridized carbons (Fsp3) is 0.556. The third-order valence-electron chi connectivity index (χ3n) is 4.88. The zero-order chi connectivity index (χ0) is 15.5. The molecule has 2 fully saturated rings. The molecule has 1 aromatic carbocycles. The van der Waals surface area contributed by atoms with Crippen LogP contribution in [0.15, 0.2) is 18.2 Å². The fourth-order valence-corrected chi connectivity index (χ4v) is 3.65. The molecule has 0 aromatic heterocycles. The average Bonchev–Trinajstić information content (AvgIpc) is 3.09. The van der Waals surface area contributed by atoms with Crippen molar-refractivity contribution in [2.24, 2.45) is 5.92 Å². The van der Waals surface area contributed by atoms with Gasteiger partial charge in [-0.3, -0.25) is 4.79 Å². The summed E-state index contributed by atoms with van der Waals surface area (Å²) in [6.45, 7) is 4.35. The van der Waals surface area contributed by atoms with Crippen LogP contribution in [0, 0.1) is 17.2 Å². The summed E-state index contributed by atoms with van der Waals surface area (Å²) in [5.74, 6) is 0.694. The molecule has 3 rings (SSSR count). The van der Waals surface area contributed by atoms with Gasteiger partial charge in [0, 0.05) is 30.9 Å². The summed E-state index contributed by atoms with van der Waals surface area (Å²) in [5.41, 5.74) is 2.24. The maximum Gasteiger partial charge on any atom is 0.161 e. The molecule has 1 unspecified atom stereocenters. The van der Waals surface area contributed by atoms with E-state index in [1.54, 1.807) is 19.1 Å². The number of Topliss-reactive ketones (excluding diaryl/α,β-unsaturated/α-hetero) is 1. The van der Waals surface area contributed by atoms with Crippen molar-refractivity contribution in [3.8, 4) is 6.07 Å². The van der Waals surface area contributed by atoms with Gasteiger partial charge in [0.25, 0.3) is 0 Å². The molecule has 2 aliphatic heterocycles. The predicted octanol–water partition coefficient (Wildman–Crippen LogP) is 3.16. The van der Waals surface area contributed by atoms with Gasteiger partial charge >= 0.3 is 0 Å². The number of nitriles is 1. The van der Waals surface area contributed by atoms with Crippen molar-refractivity contribution in [3.63, 3.8) is 0 Å². The van der Waals surface area contributed by atoms with Gasteiger partial charge in [-0.05, 0) is 56.7 Å². The molecule has 4 heteroatoms. The minimum atomic E-state index is 0.0562. The molecule has 0 spiro atoms. The summed E-state index contributed by atoms with van der Waals surface area (Å²) in [6.07, 6.45) is 4.99. The van der Waals surface area contributed by atoms with Crippen LogP contribution in [0.1, 0.15) is 48.5 Å². The minimum Gasteiger partial charge on any atom is -0.378 e. The number of hydrogen-bond donors (Lipinski definition) is 0. The lowest BCUT2D eigenvalue weighted by molar-refractivity contribution is 0.0531. The molecule has 0 radical (unpaired) electrons. The third-order valence-corrected chi connectivity index (χ3v) is 4.88. The minimum absolute atomic E-state index is 0.0562. The Morgan fingerprint density at radius 1 is 1.32 bits per heavy atom. The van der Waals surface area contributed by atoms with Crippen molar-refractivity contribution >= 4 is 11.5 Å². The van der Waals surface area contributed by atoms with Crippen molar-refractivity contribution < 1.29 is 9.53 Å². The number of anilines is 1. The zero-order valence-electron chi connectivity index (χ0n) is 13.0. The number of rotatable bonds is 3. The Hall–Kier alpha value is -1.86. The van der Waals surface area contributed by atoms with Crippen molar-refractivity contribution in [1.82, 2.24) is 0 Å². The molecule has 116 valence electrons. The van der Waals surface area contributed by atoms with Crippen molar-refractivity contribution in [2.45, 2.75) is 38.7 Å². The Kier molecular flexibility index (Phi) is 4.44. The molecule has 0 saturated carbocycles. The van der Waals surface area contributed by atoms with Crippen LogP contribution in [-0.2, 0) is 4.74 Å². The number of hydrogen-bond acceptors (Lipinski definition) is 4. The van der Waals surface area contributed by atoms with Gasteiger partial charge in [-0.2, -0.15) is 5.26 Å². The number of nitrogens with zero attached hydrogens (tertiary/aromatic N) is 2. The molecular formula is C18H22N2O2. The van der Waals surface area contributed by atoms with E-state index in [-0.39, 0.29) is 5.78 Å². The molecule has 1 aromatic rings. The number of piperidine rings is 1. The van der Waals surface area contributed by atoms with Gasteiger partial charge < -0.3 is 9.64 Å². The highest BCUT2D eigenvalue weighted by atomic mass is 16.5. The Bertz CT molecular complexity index is 592. The summed E-state index contributed by atoms with van der Waals surface area (Å²) in [4.78, 5) is 14.1. The average molecular weight is 298 g/mol. The molecule has 1 atom stereocenters. The number of carbonyl (C=O) groups is 1. The standard InChI is InChI=1S/C18H22N2O2/c1-13(21)16-5-4-14(12-19)11-17(16)20-8-6-15(7-9-20)18-3-2-10-22-18/h4-5,11,15,18H,2-3,6-10H2,1H3. The maximum atomic E-state index is 11.9. The highest BCUT2D eigenvalue weighted by molar-refractivity contribution is 6.00. The molecule has 0 N–H and O–H groups in total. The number of ketones is 1. The van der Waals surface area contributed by atoms with E-state index in [0.29, 0.717) is 17.6 Å². The topological polar surface area (TPSA) is 53.3 Å². The molecule has 0 aliphatic carbocycles. The molecular weight excluding hydrogens is 276 g/mol. The van der Waals surface area contributed by atoms with Crippen molar-refractivity contribution in [2.75, 3.05) is 24.6 Å². The second kappa shape index (κ2) is 6.50. The van der Waals surface area contributed by atoms with Crippen LogP contribution in [0.2, 0.25) is 0 Å². The smallest absolute Gasteiger partial charge is 0.161 e. The zero-order valence-corrected chi connectivity index (χ0v) is 13.0. The van der Waals surface area contributed by atoms with E-state index in [1.807, 2.05) is 6.07 Å². The molecule has 0 amide bonds. The Balaban J connectivity index is 1.75.